The molecule has 0 saturated heterocycles. The number of carbonyl (C=O) groups excluding carboxylic acids is 1. The van der Waals surface area contributed by atoms with Crippen LogP contribution >= 0.6 is 11.3 Å². The molecule has 1 heterocycles. The molecule has 1 atom stereocenters. The van der Waals surface area contributed by atoms with Crippen molar-refractivity contribution in [3.63, 3.8) is 0 Å². The first-order valence-electron chi connectivity index (χ1n) is 8.66. The number of carbonyl (C=O) groups is 1. The van der Waals surface area contributed by atoms with E-state index in [1.807, 2.05) is 41.8 Å². The molecule has 0 bridgehead atoms. The molecule has 1 aromatic heterocycles. The van der Waals surface area contributed by atoms with Crippen LogP contribution in [0, 0.1) is 0 Å². The molecule has 6 heteroatoms. The molecule has 0 spiro atoms. The molecular formula is C21H21NO3S2. The molecule has 0 radical (unpaired) electrons. The van der Waals surface area contributed by atoms with Crippen molar-refractivity contribution < 1.29 is 13.2 Å². The van der Waals surface area contributed by atoms with Crippen molar-refractivity contribution in [3.05, 3.63) is 87.6 Å². The van der Waals surface area contributed by atoms with Crippen LogP contribution in [0.1, 0.15) is 46.3 Å². The summed E-state index contributed by atoms with van der Waals surface area (Å²) < 4.78 is 28.7. The van der Waals surface area contributed by atoms with Crippen molar-refractivity contribution in [2.24, 2.45) is 0 Å². The van der Waals surface area contributed by atoms with E-state index in [1.165, 1.54) is 48.1 Å². The van der Waals surface area contributed by atoms with Gasteiger partial charge in [0.2, 0.25) is 10.0 Å². The first-order valence-corrected chi connectivity index (χ1v) is 11.0. The Kier molecular flexibility index (Phi) is 5.89. The molecule has 0 aliphatic carbocycles. The van der Waals surface area contributed by atoms with Crippen molar-refractivity contribution in [3.8, 4) is 0 Å². The van der Waals surface area contributed by atoms with Gasteiger partial charge in [0.15, 0.2) is 5.78 Å². The lowest BCUT2D eigenvalue weighted by Gasteiger charge is -2.19. The molecule has 140 valence electrons. The van der Waals surface area contributed by atoms with Crippen molar-refractivity contribution in [1.82, 2.24) is 4.72 Å². The zero-order chi connectivity index (χ0) is 19.4. The summed E-state index contributed by atoms with van der Waals surface area (Å²) in [5, 5.41) is 1.93. The summed E-state index contributed by atoms with van der Waals surface area (Å²) >= 11 is 1.51. The maximum Gasteiger partial charge on any atom is 0.241 e. The first kappa shape index (κ1) is 19.5. The zero-order valence-electron chi connectivity index (χ0n) is 15.2. The maximum atomic E-state index is 12.9. The highest BCUT2D eigenvalue weighted by atomic mass is 32.2. The monoisotopic (exact) mass is 399 g/mol. The van der Waals surface area contributed by atoms with E-state index < -0.39 is 16.1 Å². The molecule has 0 amide bonds. The van der Waals surface area contributed by atoms with Crippen LogP contribution in [0.4, 0.5) is 0 Å². The Morgan fingerprint density at radius 2 is 1.70 bits per heavy atom. The molecule has 0 aliphatic rings. The fourth-order valence-corrected chi connectivity index (χ4v) is 4.86. The predicted molar refractivity (Wildman–Crippen MR) is 109 cm³/mol. The van der Waals surface area contributed by atoms with E-state index in [0.29, 0.717) is 5.56 Å². The highest BCUT2D eigenvalue weighted by Gasteiger charge is 2.23. The number of thiophene rings is 1. The summed E-state index contributed by atoms with van der Waals surface area (Å²) in [6.45, 7) is 3.54. The van der Waals surface area contributed by atoms with Gasteiger partial charge in [-0.3, -0.25) is 4.79 Å². The average Bonchev–Trinajstić information content (AvgIpc) is 3.21. The Morgan fingerprint density at radius 1 is 1.04 bits per heavy atom. The lowest BCUT2D eigenvalue weighted by atomic mass is 10.0. The van der Waals surface area contributed by atoms with Gasteiger partial charge in [-0.1, -0.05) is 49.4 Å². The lowest BCUT2D eigenvalue weighted by molar-refractivity contribution is 0.101. The molecular weight excluding hydrogens is 378 g/mol. The fourth-order valence-electron chi connectivity index (χ4n) is 2.78. The summed E-state index contributed by atoms with van der Waals surface area (Å²) in [5.41, 5.74) is 2.57. The van der Waals surface area contributed by atoms with E-state index in [4.69, 9.17) is 0 Å². The second-order valence-electron chi connectivity index (χ2n) is 6.25. The van der Waals surface area contributed by atoms with Gasteiger partial charge in [0.25, 0.3) is 0 Å². The lowest BCUT2D eigenvalue weighted by Crippen LogP contribution is -2.29. The van der Waals surface area contributed by atoms with Gasteiger partial charge in [-0.2, -0.15) is 4.72 Å². The number of hydrogen-bond donors (Lipinski definition) is 1. The minimum absolute atomic E-state index is 0.0978. The second-order valence-corrected chi connectivity index (χ2v) is 8.94. The van der Waals surface area contributed by atoms with Crippen LogP contribution in [0.2, 0.25) is 0 Å². The molecule has 0 saturated carbocycles. The standard InChI is InChI=1S/C21H21NO3S2/c1-3-16-6-8-18(9-7-16)21(20-5-4-14-26-20)22-27(24,25)19-12-10-17(11-13-19)15(2)23/h4-14,21-22H,3H2,1-2H3. The smallest absolute Gasteiger partial charge is 0.241 e. The maximum absolute atomic E-state index is 12.9. The largest absolute Gasteiger partial charge is 0.295 e. The van der Waals surface area contributed by atoms with Crippen LogP contribution in [-0.4, -0.2) is 14.2 Å². The van der Waals surface area contributed by atoms with E-state index in [-0.39, 0.29) is 10.7 Å². The second kappa shape index (κ2) is 8.17. The van der Waals surface area contributed by atoms with Gasteiger partial charge in [-0.15, -0.1) is 11.3 Å². The molecule has 1 unspecified atom stereocenters. The summed E-state index contributed by atoms with van der Waals surface area (Å²) in [5.74, 6) is -0.0978. The molecule has 0 fully saturated rings. The first-order chi connectivity index (χ1) is 12.9. The third kappa shape index (κ3) is 4.53. The molecule has 3 rings (SSSR count). The predicted octanol–water partition coefficient (Wildman–Crippen LogP) is 4.58. The number of nitrogens with one attached hydrogen (secondary N) is 1. The van der Waals surface area contributed by atoms with Crippen molar-refractivity contribution >= 4 is 27.1 Å². The highest BCUT2D eigenvalue weighted by Crippen LogP contribution is 2.28. The van der Waals surface area contributed by atoms with Crippen LogP contribution in [0.25, 0.3) is 0 Å². The summed E-state index contributed by atoms with van der Waals surface area (Å²) in [6, 6.07) is 17.3. The van der Waals surface area contributed by atoms with E-state index >= 15 is 0 Å². The Labute approximate surface area is 163 Å². The normalized spacial score (nSPS) is 12.7. The molecule has 4 nitrogen and oxygen atoms in total. The average molecular weight is 400 g/mol. The van der Waals surface area contributed by atoms with Gasteiger partial charge in [-0.25, -0.2) is 8.42 Å². The van der Waals surface area contributed by atoms with Gasteiger partial charge in [0, 0.05) is 10.4 Å². The quantitative estimate of drug-likeness (QED) is 0.592. The topological polar surface area (TPSA) is 63.2 Å². The van der Waals surface area contributed by atoms with Crippen molar-refractivity contribution in [2.75, 3.05) is 0 Å². The zero-order valence-corrected chi connectivity index (χ0v) is 16.8. The van der Waals surface area contributed by atoms with E-state index in [1.54, 1.807) is 0 Å². The van der Waals surface area contributed by atoms with Crippen LogP contribution in [0.15, 0.2) is 70.9 Å². The number of aryl methyl sites for hydroxylation is 1. The highest BCUT2D eigenvalue weighted by molar-refractivity contribution is 7.89. The van der Waals surface area contributed by atoms with Gasteiger partial charge in [-0.05, 0) is 48.1 Å². The Morgan fingerprint density at radius 3 is 2.22 bits per heavy atom. The van der Waals surface area contributed by atoms with Crippen molar-refractivity contribution in [1.29, 1.82) is 0 Å². The Bertz CT molecular complexity index is 1010. The molecule has 2 aromatic carbocycles. The van der Waals surface area contributed by atoms with Gasteiger partial charge in [0.1, 0.15) is 0 Å². The van der Waals surface area contributed by atoms with Crippen LogP contribution < -0.4 is 4.72 Å². The third-order valence-corrected chi connectivity index (χ3v) is 6.77. The van der Waals surface area contributed by atoms with E-state index in [9.17, 15) is 13.2 Å². The van der Waals surface area contributed by atoms with Crippen LogP contribution in [0.5, 0.6) is 0 Å². The summed E-state index contributed by atoms with van der Waals surface area (Å²) in [7, 11) is -3.75. The number of hydrogen-bond acceptors (Lipinski definition) is 4. The van der Waals surface area contributed by atoms with Crippen molar-refractivity contribution in [2.45, 2.75) is 31.2 Å². The molecule has 3 aromatic rings. The van der Waals surface area contributed by atoms with Crippen LogP contribution in [-0.2, 0) is 16.4 Å². The molecule has 0 aliphatic heterocycles. The van der Waals surface area contributed by atoms with E-state index in [0.717, 1.165) is 16.9 Å². The SMILES string of the molecule is CCc1ccc(C(NS(=O)(=O)c2ccc(C(C)=O)cc2)c2cccs2)cc1. The van der Waals surface area contributed by atoms with Gasteiger partial charge in [0.05, 0.1) is 10.9 Å². The number of benzene rings is 2. The summed E-state index contributed by atoms with van der Waals surface area (Å²) in [4.78, 5) is 12.5. The number of sulfonamides is 1. The van der Waals surface area contributed by atoms with Gasteiger partial charge >= 0.3 is 0 Å². The fraction of sp³-hybridized carbons (Fsp3) is 0.190. The minimum Gasteiger partial charge on any atom is -0.295 e. The minimum atomic E-state index is -3.75. The molecule has 1 N–H and O–H groups in total. The molecule has 27 heavy (non-hydrogen) atoms. The van der Waals surface area contributed by atoms with E-state index in [2.05, 4.69) is 11.6 Å². The Hall–Kier alpha value is -2.28. The number of Topliss-reactive ketones (excluding diaryl/α,β-unsaturated/α-hetero) is 1. The Balaban J connectivity index is 1.94. The number of rotatable bonds is 7. The summed E-state index contributed by atoms with van der Waals surface area (Å²) in [6.07, 6.45) is 0.929. The number of ketones is 1. The van der Waals surface area contributed by atoms with Crippen LogP contribution in [0.3, 0.4) is 0 Å². The van der Waals surface area contributed by atoms with Gasteiger partial charge < -0.3 is 0 Å². The third-order valence-electron chi connectivity index (χ3n) is 4.39.